The van der Waals surface area contributed by atoms with Crippen LogP contribution in [0.1, 0.15) is 5.56 Å². The number of rotatable bonds is 3. The Morgan fingerprint density at radius 2 is 2.25 bits per heavy atom. The fraction of sp³-hybridized carbons (Fsp3) is 0.385. The number of ether oxygens (including phenoxy) is 2. The molecule has 0 saturated carbocycles. The molecule has 0 aromatic heterocycles. The molecule has 7 heteroatoms. The number of aromatic hydroxyl groups is 1. The van der Waals surface area contributed by atoms with Crippen LogP contribution in [-0.2, 0) is 4.74 Å². The van der Waals surface area contributed by atoms with Crippen LogP contribution in [0, 0.1) is 0 Å². The molecule has 0 aliphatic carbocycles. The van der Waals surface area contributed by atoms with Gasteiger partial charge in [-0.25, -0.2) is 0 Å². The van der Waals surface area contributed by atoms with Crippen LogP contribution in [0.4, 0.5) is 0 Å². The van der Waals surface area contributed by atoms with Gasteiger partial charge in [0.05, 0.1) is 26.5 Å². The molecular weight excluding hydrogens is 278 g/mol. The van der Waals surface area contributed by atoms with Gasteiger partial charge in [-0.3, -0.25) is 5.43 Å². The average Bonchev–Trinajstić information content (AvgIpc) is 2.49. The quantitative estimate of drug-likeness (QED) is 0.491. The van der Waals surface area contributed by atoms with E-state index >= 15 is 0 Å². The maximum Gasteiger partial charge on any atom is 0.189 e. The number of benzene rings is 1. The maximum absolute atomic E-state index is 9.78. The minimum atomic E-state index is 0.104. The third-order valence-electron chi connectivity index (χ3n) is 2.90. The van der Waals surface area contributed by atoms with Crippen LogP contribution in [0.25, 0.3) is 0 Å². The number of hydrogen-bond acceptors (Lipinski definition) is 5. The molecule has 2 rings (SSSR count). The van der Waals surface area contributed by atoms with Crippen molar-refractivity contribution < 1.29 is 14.6 Å². The van der Waals surface area contributed by atoms with Crippen LogP contribution in [-0.4, -0.2) is 54.7 Å². The van der Waals surface area contributed by atoms with E-state index in [0.29, 0.717) is 29.6 Å². The number of thiocarbonyl (C=S) groups is 1. The van der Waals surface area contributed by atoms with Gasteiger partial charge in [-0.2, -0.15) is 5.10 Å². The molecule has 0 amide bonds. The van der Waals surface area contributed by atoms with Crippen molar-refractivity contribution in [3.63, 3.8) is 0 Å². The molecule has 0 spiro atoms. The third kappa shape index (κ3) is 3.82. The monoisotopic (exact) mass is 295 g/mol. The molecule has 1 saturated heterocycles. The first-order valence-corrected chi connectivity index (χ1v) is 6.64. The highest BCUT2D eigenvalue weighted by Crippen LogP contribution is 2.21. The van der Waals surface area contributed by atoms with Gasteiger partial charge in [0.15, 0.2) is 5.11 Å². The van der Waals surface area contributed by atoms with Crippen molar-refractivity contribution in [2.24, 2.45) is 5.10 Å². The van der Waals surface area contributed by atoms with E-state index < -0.39 is 0 Å². The minimum absolute atomic E-state index is 0.104. The van der Waals surface area contributed by atoms with Crippen LogP contribution < -0.4 is 10.2 Å². The van der Waals surface area contributed by atoms with Crippen molar-refractivity contribution in [1.29, 1.82) is 0 Å². The van der Waals surface area contributed by atoms with Crippen LogP contribution in [0.15, 0.2) is 23.3 Å². The molecule has 20 heavy (non-hydrogen) atoms. The van der Waals surface area contributed by atoms with Gasteiger partial charge in [0.1, 0.15) is 11.5 Å². The molecule has 1 aromatic carbocycles. The first-order valence-electron chi connectivity index (χ1n) is 6.23. The predicted molar refractivity (Wildman–Crippen MR) is 80.4 cm³/mol. The van der Waals surface area contributed by atoms with E-state index in [-0.39, 0.29) is 5.75 Å². The summed E-state index contributed by atoms with van der Waals surface area (Å²) in [5.74, 6) is 0.698. The number of morpholine rings is 1. The highest BCUT2D eigenvalue weighted by Gasteiger charge is 2.12. The first kappa shape index (κ1) is 14.5. The number of nitrogens with zero attached hydrogens (tertiary/aromatic N) is 2. The molecule has 108 valence electrons. The summed E-state index contributed by atoms with van der Waals surface area (Å²) in [7, 11) is 1.55. The number of phenolic OH excluding ortho intramolecular Hbond substituents is 1. The van der Waals surface area contributed by atoms with Gasteiger partial charge in [0, 0.05) is 24.7 Å². The minimum Gasteiger partial charge on any atom is -0.507 e. The molecule has 0 unspecified atom stereocenters. The highest BCUT2D eigenvalue weighted by molar-refractivity contribution is 7.80. The smallest absolute Gasteiger partial charge is 0.189 e. The molecule has 2 N–H and O–H groups in total. The van der Waals surface area contributed by atoms with Gasteiger partial charge >= 0.3 is 0 Å². The molecule has 1 aromatic rings. The lowest BCUT2D eigenvalue weighted by Crippen LogP contribution is -2.44. The Morgan fingerprint density at radius 1 is 1.50 bits per heavy atom. The Morgan fingerprint density at radius 3 is 2.90 bits per heavy atom. The highest BCUT2D eigenvalue weighted by atomic mass is 32.1. The average molecular weight is 295 g/mol. The Kier molecular flexibility index (Phi) is 5.14. The van der Waals surface area contributed by atoms with Crippen molar-refractivity contribution in [3.05, 3.63) is 23.8 Å². The number of hydrazone groups is 1. The fourth-order valence-electron chi connectivity index (χ4n) is 1.75. The van der Waals surface area contributed by atoms with Gasteiger partial charge in [-0.05, 0) is 24.4 Å². The Labute approximate surface area is 123 Å². The molecule has 1 aliphatic heterocycles. The summed E-state index contributed by atoms with van der Waals surface area (Å²) in [6, 6.07) is 5.00. The number of hydrogen-bond donors (Lipinski definition) is 2. The van der Waals surface area contributed by atoms with E-state index in [1.807, 2.05) is 4.90 Å². The van der Waals surface area contributed by atoms with E-state index in [4.69, 9.17) is 21.7 Å². The number of phenols is 1. The van der Waals surface area contributed by atoms with E-state index in [2.05, 4.69) is 10.5 Å². The second-order valence-electron chi connectivity index (χ2n) is 4.20. The largest absolute Gasteiger partial charge is 0.507 e. The molecule has 0 atom stereocenters. The fourth-order valence-corrected chi connectivity index (χ4v) is 1.99. The summed E-state index contributed by atoms with van der Waals surface area (Å²) in [5, 5.41) is 14.4. The summed E-state index contributed by atoms with van der Waals surface area (Å²) < 4.78 is 10.3. The number of methoxy groups -OCH3 is 1. The van der Waals surface area contributed by atoms with E-state index in [9.17, 15) is 5.11 Å². The Balaban J connectivity index is 1.91. The maximum atomic E-state index is 9.78. The van der Waals surface area contributed by atoms with Gasteiger partial charge in [-0.1, -0.05) is 0 Å². The van der Waals surface area contributed by atoms with Crippen molar-refractivity contribution in [2.45, 2.75) is 0 Å². The standard InChI is InChI=1S/C13H17N3O3S/c1-18-11-3-2-10(12(17)8-11)9-14-15-13(20)16-4-6-19-7-5-16/h2-3,8-9,17H,4-7H2,1H3,(H,15,20)/b14-9+. The van der Waals surface area contributed by atoms with Gasteiger partial charge in [0.2, 0.25) is 0 Å². The van der Waals surface area contributed by atoms with Crippen LogP contribution in [0.3, 0.4) is 0 Å². The van der Waals surface area contributed by atoms with Crippen molar-refractivity contribution in [3.8, 4) is 11.5 Å². The van der Waals surface area contributed by atoms with Crippen LogP contribution >= 0.6 is 12.2 Å². The second kappa shape index (κ2) is 7.06. The third-order valence-corrected chi connectivity index (χ3v) is 3.25. The van der Waals surface area contributed by atoms with E-state index in [0.717, 1.165) is 13.1 Å². The van der Waals surface area contributed by atoms with Gasteiger partial charge in [-0.15, -0.1) is 0 Å². The zero-order valence-electron chi connectivity index (χ0n) is 11.2. The second-order valence-corrected chi connectivity index (χ2v) is 4.59. The zero-order chi connectivity index (χ0) is 14.4. The molecule has 1 fully saturated rings. The Hall–Kier alpha value is -1.86. The lowest BCUT2D eigenvalue weighted by atomic mass is 10.2. The SMILES string of the molecule is COc1ccc(/C=N/NC(=S)N2CCOCC2)c(O)c1. The van der Waals surface area contributed by atoms with Crippen molar-refractivity contribution in [1.82, 2.24) is 10.3 Å². The summed E-state index contributed by atoms with van der Waals surface area (Å²) in [6.45, 7) is 2.86. The Bertz CT molecular complexity index is 502. The summed E-state index contributed by atoms with van der Waals surface area (Å²) in [5.41, 5.74) is 3.37. The topological polar surface area (TPSA) is 66.3 Å². The molecule has 1 aliphatic rings. The van der Waals surface area contributed by atoms with Gasteiger partial charge in [0.25, 0.3) is 0 Å². The zero-order valence-corrected chi connectivity index (χ0v) is 12.0. The normalized spacial score (nSPS) is 15.3. The lowest BCUT2D eigenvalue weighted by molar-refractivity contribution is 0.0677. The van der Waals surface area contributed by atoms with Crippen molar-refractivity contribution >= 4 is 23.5 Å². The van der Waals surface area contributed by atoms with Crippen LogP contribution in [0.5, 0.6) is 11.5 Å². The van der Waals surface area contributed by atoms with E-state index in [1.165, 1.54) is 12.3 Å². The number of nitrogens with one attached hydrogen (secondary N) is 1. The molecule has 6 nitrogen and oxygen atoms in total. The van der Waals surface area contributed by atoms with Crippen molar-refractivity contribution in [2.75, 3.05) is 33.4 Å². The predicted octanol–water partition coefficient (Wildman–Crippen LogP) is 0.941. The lowest BCUT2D eigenvalue weighted by Gasteiger charge is -2.28. The molecule has 0 bridgehead atoms. The van der Waals surface area contributed by atoms with E-state index in [1.54, 1.807) is 19.2 Å². The summed E-state index contributed by atoms with van der Waals surface area (Å²) >= 11 is 5.22. The molecular formula is C13H17N3O3S. The summed E-state index contributed by atoms with van der Waals surface area (Å²) in [4.78, 5) is 1.99. The molecule has 0 radical (unpaired) electrons. The van der Waals surface area contributed by atoms with Gasteiger partial charge < -0.3 is 19.5 Å². The first-order chi connectivity index (χ1) is 9.70. The summed E-state index contributed by atoms with van der Waals surface area (Å²) in [6.07, 6.45) is 1.52. The van der Waals surface area contributed by atoms with Crippen LogP contribution in [0.2, 0.25) is 0 Å². The molecule has 1 heterocycles.